The van der Waals surface area contributed by atoms with Gasteiger partial charge in [-0.15, -0.1) is 0 Å². The minimum atomic E-state index is 0.365. The molecule has 0 saturated heterocycles. The summed E-state index contributed by atoms with van der Waals surface area (Å²) in [5.41, 5.74) is 1.29. The van der Waals surface area contributed by atoms with Crippen LogP contribution in [0.15, 0.2) is 18.2 Å². The predicted molar refractivity (Wildman–Crippen MR) is 70.0 cm³/mol. The van der Waals surface area contributed by atoms with Gasteiger partial charge in [-0.2, -0.15) is 0 Å². The van der Waals surface area contributed by atoms with Crippen molar-refractivity contribution in [1.29, 1.82) is 0 Å². The van der Waals surface area contributed by atoms with Gasteiger partial charge in [0.2, 0.25) is 5.88 Å². The average molecular weight is 271 g/mol. The number of hydrogen-bond acceptors (Lipinski definition) is 3. The molecule has 0 fully saturated rings. The highest BCUT2D eigenvalue weighted by molar-refractivity contribution is 6.37. The van der Waals surface area contributed by atoms with E-state index in [1.807, 2.05) is 0 Å². The molecule has 0 spiro atoms. The zero-order valence-electron chi connectivity index (χ0n) is 9.41. The van der Waals surface area contributed by atoms with E-state index < -0.39 is 0 Å². The number of fused-ring (bicyclic) bond motifs is 1. The Morgan fingerprint density at radius 2 is 2.06 bits per heavy atom. The molecular weight excluding hydrogens is 259 g/mol. The summed E-state index contributed by atoms with van der Waals surface area (Å²) in [6.07, 6.45) is 2.10. The molecule has 0 bridgehead atoms. The van der Waals surface area contributed by atoms with Crippen molar-refractivity contribution in [3.63, 3.8) is 0 Å². The van der Waals surface area contributed by atoms with Crippen molar-refractivity contribution in [3.8, 4) is 5.88 Å². The minimum absolute atomic E-state index is 0.365. The van der Waals surface area contributed by atoms with E-state index in [2.05, 4.69) is 16.9 Å². The molecule has 17 heavy (non-hydrogen) atoms. The monoisotopic (exact) mass is 270 g/mol. The largest absolute Gasteiger partial charge is 0.478 e. The molecule has 0 aliphatic carbocycles. The lowest BCUT2D eigenvalue weighted by molar-refractivity contribution is 0.299. The third kappa shape index (κ3) is 2.99. The fraction of sp³-hybridized carbons (Fsp3) is 0.333. The molecule has 0 aliphatic rings. The molecule has 0 aromatic carbocycles. The highest BCUT2D eigenvalue weighted by Crippen LogP contribution is 2.25. The third-order valence-electron chi connectivity index (χ3n) is 2.30. The van der Waals surface area contributed by atoms with Crippen LogP contribution in [0.1, 0.15) is 19.8 Å². The van der Waals surface area contributed by atoms with Crippen LogP contribution in [-0.4, -0.2) is 16.6 Å². The summed E-state index contributed by atoms with van der Waals surface area (Å²) in [5, 5.41) is 0.852. The average Bonchev–Trinajstić information content (AvgIpc) is 2.30. The lowest BCUT2D eigenvalue weighted by Crippen LogP contribution is -1.98. The molecular formula is C12H12Cl2N2O. The van der Waals surface area contributed by atoms with E-state index in [9.17, 15) is 0 Å². The second-order valence-electron chi connectivity index (χ2n) is 3.65. The zero-order chi connectivity index (χ0) is 12.3. The maximum Gasteiger partial charge on any atom is 0.213 e. The van der Waals surface area contributed by atoms with Crippen molar-refractivity contribution in [2.45, 2.75) is 19.8 Å². The van der Waals surface area contributed by atoms with Crippen LogP contribution in [-0.2, 0) is 0 Å². The minimum Gasteiger partial charge on any atom is -0.478 e. The van der Waals surface area contributed by atoms with Gasteiger partial charge in [0.1, 0.15) is 10.7 Å². The Balaban J connectivity index is 2.30. The predicted octanol–water partition coefficient (Wildman–Crippen LogP) is 4.12. The Hall–Kier alpha value is -1.06. The van der Waals surface area contributed by atoms with Gasteiger partial charge in [-0.05, 0) is 18.6 Å². The van der Waals surface area contributed by atoms with Gasteiger partial charge in [-0.25, -0.2) is 9.97 Å². The van der Waals surface area contributed by atoms with Crippen LogP contribution in [0.2, 0.25) is 10.2 Å². The third-order valence-corrected chi connectivity index (χ3v) is 2.78. The molecule has 5 heteroatoms. The number of aromatic nitrogens is 2. The van der Waals surface area contributed by atoms with Crippen LogP contribution in [0.25, 0.3) is 11.0 Å². The fourth-order valence-electron chi connectivity index (χ4n) is 1.42. The number of ether oxygens (including phenoxy) is 1. The second-order valence-corrected chi connectivity index (χ2v) is 4.44. The van der Waals surface area contributed by atoms with Gasteiger partial charge in [-0.3, -0.25) is 0 Å². The number of unbranched alkanes of at least 4 members (excludes halogenated alkanes) is 1. The zero-order valence-corrected chi connectivity index (χ0v) is 10.9. The molecule has 0 unspecified atom stereocenters. The van der Waals surface area contributed by atoms with Crippen LogP contribution in [0.3, 0.4) is 0 Å². The van der Waals surface area contributed by atoms with Gasteiger partial charge in [0.15, 0.2) is 0 Å². The van der Waals surface area contributed by atoms with Crippen LogP contribution < -0.4 is 4.74 Å². The maximum atomic E-state index is 6.05. The van der Waals surface area contributed by atoms with Crippen LogP contribution >= 0.6 is 23.2 Å². The van der Waals surface area contributed by atoms with Crippen molar-refractivity contribution in [3.05, 3.63) is 28.4 Å². The summed E-state index contributed by atoms with van der Waals surface area (Å²) >= 11 is 11.9. The summed E-state index contributed by atoms with van der Waals surface area (Å²) in [6, 6.07) is 5.16. The summed E-state index contributed by atoms with van der Waals surface area (Å²) in [5.74, 6) is 0.567. The first-order chi connectivity index (χ1) is 8.20. The van der Waals surface area contributed by atoms with E-state index in [-0.39, 0.29) is 0 Å². The first-order valence-corrected chi connectivity index (χ1v) is 6.22. The van der Waals surface area contributed by atoms with E-state index in [1.54, 1.807) is 18.2 Å². The van der Waals surface area contributed by atoms with Crippen LogP contribution in [0, 0.1) is 0 Å². The number of pyridine rings is 2. The first kappa shape index (κ1) is 12.4. The van der Waals surface area contributed by atoms with Crippen LogP contribution in [0.5, 0.6) is 5.88 Å². The van der Waals surface area contributed by atoms with E-state index in [0.717, 1.165) is 12.8 Å². The SMILES string of the molecule is CCCCOc1ccc2nc(Cl)cc(Cl)c2n1. The van der Waals surface area contributed by atoms with Gasteiger partial charge in [0.25, 0.3) is 0 Å². The number of nitrogens with zero attached hydrogens (tertiary/aromatic N) is 2. The lowest BCUT2D eigenvalue weighted by atomic mass is 10.3. The highest BCUT2D eigenvalue weighted by atomic mass is 35.5. The summed E-state index contributed by atoms with van der Waals surface area (Å²) in [4.78, 5) is 8.45. The number of halogens is 2. The van der Waals surface area contributed by atoms with Gasteiger partial charge < -0.3 is 4.74 Å². The maximum absolute atomic E-state index is 6.05. The fourth-order valence-corrected chi connectivity index (χ4v) is 1.92. The quantitative estimate of drug-likeness (QED) is 0.619. The van der Waals surface area contributed by atoms with Gasteiger partial charge in [0.05, 0.1) is 17.1 Å². The van der Waals surface area contributed by atoms with Crippen molar-refractivity contribution in [1.82, 2.24) is 9.97 Å². The number of hydrogen-bond donors (Lipinski definition) is 0. The molecule has 90 valence electrons. The number of rotatable bonds is 4. The molecule has 0 amide bonds. The summed E-state index contributed by atoms with van der Waals surface area (Å²) in [6.45, 7) is 2.77. The van der Waals surface area contributed by atoms with Crippen LogP contribution in [0.4, 0.5) is 0 Å². The van der Waals surface area contributed by atoms with E-state index in [4.69, 9.17) is 27.9 Å². The highest BCUT2D eigenvalue weighted by Gasteiger charge is 2.06. The molecule has 3 nitrogen and oxygen atoms in total. The Labute approximate surface area is 110 Å². The summed E-state index contributed by atoms with van der Waals surface area (Å²) in [7, 11) is 0. The van der Waals surface area contributed by atoms with Gasteiger partial charge in [-0.1, -0.05) is 36.5 Å². The Morgan fingerprint density at radius 3 is 2.82 bits per heavy atom. The second kappa shape index (κ2) is 5.52. The normalized spacial score (nSPS) is 10.8. The molecule has 0 radical (unpaired) electrons. The van der Waals surface area contributed by atoms with E-state index in [0.29, 0.717) is 33.7 Å². The van der Waals surface area contributed by atoms with E-state index >= 15 is 0 Å². The smallest absolute Gasteiger partial charge is 0.213 e. The molecule has 0 aliphatic heterocycles. The van der Waals surface area contributed by atoms with Crippen molar-refractivity contribution in [2.24, 2.45) is 0 Å². The lowest BCUT2D eigenvalue weighted by Gasteiger charge is -2.06. The van der Waals surface area contributed by atoms with Crippen molar-refractivity contribution < 1.29 is 4.74 Å². The first-order valence-electron chi connectivity index (χ1n) is 5.46. The molecule has 0 atom stereocenters. The topological polar surface area (TPSA) is 35.0 Å². The van der Waals surface area contributed by atoms with Gasteiger partial charge in [0, 0.05) is 6.07 Å². The molecule has 2 aromatic rings. The molecule has 0 N–H and O–H groups in total. The Bertz CT molecular complexity index is 531. The summed E-state index contributed by atoms with van der Waals surface area (Å²) < 4.78 is 5.51. The Morgan fingerprint density at radius 1 is 1.24 bits per heavy atom. The molecule has 2 heterocycles. The Kier molecular flexibility index (Phi) is 4.02. The van der Waals surface area contributed by atoms with Gasteiger partial charge >= 0.3 is 0 Å². The standard InChI is InChI=1S/C12H12Cl2N2O/c1-2-3-6-17-11-5-4-9-12(16-11)8(13)7-10(14)15-9/h4-5,7H,2-3,6H2,1H3. The van der Waals surface area contributed by atoms with Crippen molar-refractivity contribution >= 4 is 34.2 Å². The molecule has 2 rings (SSSR count). The molecule has 2 aromatic heterocycles. The molecule has 0 saturated carbocycles. The van der Waals surface area contributed by atoms with E-state index in [1.165, 1.54) is 0 Å². The van der Waals surface area contributed by atoms with Crippen molar-refractivity contribution in [2.75, 3.05) is 6.61 Å².